The summed E-state index contributed by atoms with van der Waals surface area (Å²) in [7, 11) is 0. The van der Waals surface area contributed by atoms with Crippen molar-refractivity contribution in [3.8, 4) is 0 Å². The SMILES string of the molecule is CC(C)(CN)NC(=O)C1CCCc2ccccc21. The van der Waals surface area contributed by atoms with Crippen LogP contribution in [0.15, 0.2) is 24.3 Å². The predicted octanol–water partition coefficient (Wildman–Crippen LogP) is 1.96. The molecule has 0 fully saturated rings. The fourth-order valence-electron chi connectivity index (χ4n) is 2.50. The molecule has 0 spiro atoms. The highest BCUT2D eigenvalue weighted by Crippen LogP contribution is 2.31. The molecule has 0 aliphatic heterocycles. The summed E-state index contributed by atoms with van der Waals surface area (Å²) in [5, 5.41) is 3.05. The lowest BCUT2D eigenvalue weighted by Crippen LogP contribution is -2.50. The van der Waals surface area contributed by atoms with Gasteiger partial charge in [0, 0.05) is 12.1 Å². The molecule has 1 aliphatic rings. The Morgan fingerprint density at radius 1 is 1.44 bits per heavy atom. The Morgan fingerprint density at radius 2 is 2.17 bits per heavy atom. The van der Waals surface area contributed by atoms with Gasteiger partial charge >= 0.3 is 0 Å². The Bertz CT molecular complexity index is 440. The van der Waals surface area contributed by atoms with Gasteiger partial charge in [0.1, 0.15) is 0 Å². The average Bonchev–Trinajstić information content (AvgIpc) is 2.37. The average molecular weight is 246 g/mol. The predicted molar refractivity (Wildman–Crippen MR) is 73.4 cm³/mol. The van der Waals surface area contributed by atoms with Crippen LogP contribution < -0.4 is 11.1 Å². The summed E-state index contributed by atoms with van der Waals surface area (Å²) in [6, 6.07) is 8.26. The smallest absolute Gasteiger partial charge is 0.228 e. The number of carbonyl (C=O) groups is 1. The molecule has 0 radical (unpaired) electrons. The van der Waals surface area contributed by atoms with Gasteiger partial charge in [-0.25, -0.2) is 0 Å². The van der Waals surface area contributed by atoms with Gasteiger partial charge in [-0.3, -0.25) is 4.79 Å². The summed E-state index contributed by atoms with van der Waals surface area (Å²) in [4.78, 5) is 12.4. The Kier molecular flexibility index (Phi) is 3.71. The van der Waals surface area contributed by atoms with E-state index in [0.717, 1.165) is 19.3 Å². The number of fused-ring (bicyclic) bond motifs is 1. The zero-order chi connectivity index (χ0) is 13.2. The van der Waals surface area contributed by atoms with E-state index in [1.807, 2.05) is 26.0 Å². The van der Waals surface area contributed by atoms with Crippen molar-refractivity contribution in [2.45, 2.75) is 44.6 Å². The van der Waals surface area contributed by atoms with Crippen LogP contribution in [0.5, 0.6) is 0 Å². The van der Waals surface area contributed by atoms with Gasteiger partial charge in [-0.15, -0.1) is 0 Å². The number of nitrogens with two attached hydrogens (primary N) is 1. The number of benzene rings is 1. The van der Waals surface area contributed by atoms with E-state index in [4.69, 9.17) is 5.73 Å². The van der Waals surface area contributed by atoms with E-state index in [0.29, 0.717) is 6.54 Å². The zero-order valence-electron chi connectivity index (χ0n) is 11.2. The lowest BCUT2D eigenvalue weighted by Gasteiger charge is -2.30. The Labute approximate surface area is 109 Å². The van der Waals surface area contributed by atoms with E-state index in [2.05, 4.69) is 17.4 Å². The quantitative estimate of drug-likeness (QED) is 0.856. The third-order valence-electron chi connectivity index (χ3n) is 3.66. The van der Waals surface area contributed by atoms with E-state index >= 15 is 0 Å². The number of amides is 1. The van der Waals surface area contributed by atoms with Crippen molar-refractivity contribution >= 4 is 5.91 Å². The molecule has 1 atom stereocenters. The lowest BCUT2D eigenvalue weighted by molar-refractivity contribution is -0.124. The highest BCUT2D eigenvalue weighted by atomic mass is 16.2. The molecule has 0 saturated carbocycles. The standard InChI is InChI=1S/C15H22N2O/c1-15(2,10-16)17-14(18)13-9-5-7-11-6-3-4-8-12(11)13/h3-4,6,8,13H,5,7,9-10,16H2,1-2H3,(H,17,18). The number of carbonyl (C=O) groups excluding carboxylic acids is 1. The topological polar surface area (TPSA) is 55.1 Å². The van der Waals surface area contributed by atoms with Crippen LogP contribution in [0.3, 0.4) is 0 Å². The van der Waals surface area contributed by atoms with Gasteiger partial charge in [0.05, 0.1) is 5.92 Å². The summed E-state index contributed by atoms with van der Waals surface area (Å²) in [6.07, 6.45) is 3.10. The minimum atomic E-state index is -0.330. The normalized spacial score (nSPS) is 19.2. The molecule has 3 nitrogen and oxygen atoms in total. The minimum absolute atomic E-state index is 0.0132. The molecule has 18 heavy (non-hydrogen) atoms. The zero-order valence-corrected chi connectivity index (χ0v) is 11.2. The first-order chi connectivity index (χ1) is 8.53. The van der Waals surface area contributed by atoms with Crippen molar-refractivity contribution < 1.29 is 4.79 Å². The van der Waals surface area contributed by atoms with Crippen molar-refractivity contribution in [3.05, 3.63) is 35.4 Å². The van der Waals surface area contributed by atoms with Crippen molar-refractivity contribution in [2.75, 3.05) is 6.54 Å². The number of hydrogen-bond donors (Lipinski definition) is 2. The van der Waals surface area contributed by atoms with Crippen molar-refractivity contribution in [1.29, 1.82) is 0 Å². The maximum atomic E-state index is 12.4. The van der Waals surface area contributed by atoms with Crippen molar-refractivity contribution in [3.63, 3.8) is 0 Å². The summed E-state index contributed by atoms with van der Waals surface area (Å²) in [5.74, 6) is 0.0957. The summed E-state index contributed by atoms with van der Waals surface area (Å²) in [5.41, 5.74) is 7.84. The van der Waals surface area contributed by atoms with Crippen LogP contribution in [0.1, 0.15) is 43.7 Å². The molecule has 1 aliphatic carbocycles. The van der Waals surface area contributed by atoms with E-state index in [9.17, 15) is 4.79 Å². The van der Waals surface area contributed by atoms with E-state index in [1.54, 1.807) is 0 Å². The highest BCUT2D eigenvalue weighted by molar-refractivity contribution is 5.85. The lowest BCUT2D eigenvalue weighted by atomic mass is 9.82. The first kappa shape index (κ1) is 13.1. The van der Waals surface area contributed by atoms with Crippen LogP contribution in [0.4, 0.5) is 0 Å². The number of aryl methyl sites for hydroxylation is 1. The maximum Gasteiger partial charge on any atom is 0.228 e. The van der Waals surface area contributed by atoms with Gasteiger partial charge in [0.25, 0.3) is 0 Å². The van der Waals surface area contributed by atoms with Crippen LogP contribution in [0, 0.1) is 0 Å². The third kappa shape index (κ3) is 2.72. The molecular weight excluding hydrogens is 224 g/mol. The number of hydrogen-bond acceptors (Lipinski definition) is 2. The molecule has 1 amide bonds. The van der Waals surface area contributed by atoms with Crippen LogP contribution in [-0.4, -0.2) is 18.0 Å². The van der Waals surface area contributed by atoms with Gasteiger partial charge in [-0.1, -0.05) is 24.3 Å². The Morgan fingerprint density at radius 3 is 2.89 bits per heavy atom. The third-order valence-corrected chi connectivity index (χ3v) is 3.66. The van der Waals surface area contributed by atoms with E-state index < -0.39 is 0 Å². The molecule has 0 saturated heterocycles. The largest absolute Gasteiger partial charge is 0.349 e. The molecule has 0 aromatic heterocycles. The number of rotatable bonds is 3. The van der Waals surface area contributed by atoms with Gasteiger partial charge < -0.3 is 11.1 Å². The van der Waals surface area contributed by atoms with E-state index in [-0.39, 0.29) is 17.4 Å². The van der Waals surface area contributed by atoms with Crippen LogP contribution in [0.2, 0.25) is 0 Å². The Hall–Kier alpha value is -1.35. The highest BCUT2D eigenvalue weighted by Gasteiger charge is 2.29. The van der Waals surface area contributed by atoms with E-state index in [1.165, 1.54) is 11.1 Å². The van der Waals surface area contributed by atoms with Crippen molar-refractivity contribution in [2.24, 2.45) is 5.73 Å². The molecule has 1 aromatic rings. The molecule has 1 aromatic carbocycles. The van der Waals surface area contributed by atoms with Gasteiger partial charge in [0.2, 0.25) is 5.91 Å². The molecule has 2 rings (SSSR count). The van der Waals surface area contributed by atoms with Gasteiger partial charge in [0.15, 0.2) is 0 Å². The Balaban J connectivity index is 2.18. The van der Waals surface area contributed by atoms with Gasteiger partial charge in [-0.05, 0) is 44.2 Å². The molecular formula is C15H22N2O. The first-order valence-electron chi connectivity index (χ1n) is 6.63. The second kappa shape index (κ2) is 5.11. The minimum Gasteiger partial charge on any atom is -0.349 e. The number of nitrogens with one attached hydrogen (secondary N) is 1. The summed E-state index contributed by atoms with van der Waals surface area (Å²) < 4.78 is 0. The molecule has 3 N–H and O–H groups in total. The fourth-order valence-corrected chi connectivity index (χ4v) is 2.50. The first-order valence-corrected chi connectivity index (χ1v) is 6.63. The van der Waals surface area contributed by atoms with Crippen LogP contribution in [-0.2, 0) is 11.2 Å². The molecule has 3 heteroatoms. The second-order valence-electron chi connectivity index (χ2n) is 5.72. The van der Waals surface area contributed by atoms with Gasteiger partial charge in [-0.2, -0.15) is 0 Å². The van der Waals surface area contributed by atoms with Crippen LogP contribution in [0.25, 0.3) is 0 Å². The fraction of sp³-hybridized carbons (Fsp3) is 0.533. The molecule has 1 unspecified atom stereocenters. The van der Waals surface area contributed by atoms with Crippen LogP contribution >= 0.6 is 0 Å². The summed E-state index contributed by atoms with van der Waals surface area (Å²) >= 11 is 0. The molecule has 98 valence electrons. The monoisotopic (exact) mass is 246 g/mol. The van der Waals surface area contributed by atoms with Crippen molar-refractivity contribution in [1.82, 2.24) is 5.32 Å². The summed E-state index contributed by atoms with van der Waals surface area (Å²) in [6.45, 7) is 4.37. The molecule has 0 heterocycles. The maximum absolute atomic E-state index is 12.4. The molecule has 0 bridgehead atoms. The second-order valence-corrected chi connectivity index (χ2v) is 5.72.